The van der Waals surface area contributed by atoms with E-state index in [1.807, 2.05) is 0 Å². The summed E-state index contributed by atoms with van der Waals surface area (Å²) in [6.45, 7) is 3.09. The summed E-state index contributed by atoms with van der Waals surface area (Å²) >= 11 is 0. The molecule has 0 aliphatic carbocycles. The Morgan fingerprint density at radius 1 is 1.50 bits per heavy atom. The van der Waals surface area contributed by atoms with E-state index in [0.717, 1.165) is 0 Å². The first kappa shape index (κ1) is 14.6. The molecule has 90 valence electrons. The Bertz CT molecular complexity index is 335. The first-order chi connectivity index (χ1) is 7.40. The second-order valence-electron chi connectivity index (χ2n) is 3.46. The first-order valence-corrected chi connectivity index (χ1v) is 6.02. The summed E-state index contributed by atoms with van der Waals surface area (Å²) in [4.78, 5) is 21.9. The summed E-state index contributed by atoms with van der Waals surface area (Å²) in [6, 6.07) is 1.70. The number of hydrogen-bond acceptors (Lipinski definition) is 4. The third-order valence-electron chi connectivity index (χ3n) is 1.77. The highest BCUT2D eigenvalue weighted by Crippen LogP contribution is 2.10. The lowest BCUT2D eigenvalue weighted by atomic mass is 10.1. The van der Waals surface area contributed by atoms with Crippen molar-refractivity contribution in [1.29, 1.82) is 5.26 Å². The zero-order valence-corrected chi connectivity index (χ0v) is 9.91. The third-order valence-corrected chi connectivity index (χ3v) is 3.63. The molecule has 7 heteroatoms. The van der Waals surface area contributed by atoms with E-state index in [2.05, 4.69) is 5.32 Å². The van der Waals surface area contributed by atoms with Crippen LogP contribution in [0.25, 0.3) is 0 Å². The number of carbonyl (C=O) groups is 2. The van der Waals surface area contributed by atoms with Gasteiger partial charge in [0.25, 0.3) is 0 Å². The van der Waals surface area contributed by atoms with Crippen LogP contribution in [0.5, 0.6) is 0 Å². The molecule has 0 aliphatic heterocycles. The lowest BCUT2D eigenvalue weighted by molar-refractivity contribution is -0.137. The molecule has 0 bridgehead atoms. The van der Waals surface area contributed by atoms with Crippen molar-refractivity contribution in [3.8, 4) is 6.07 Å². The SMILES string of the molecule is CC(C)C(C(=O)O)S(=O)CC(=O)NCC#N. The fraction of sp³-hybridized carbons (Fsp3) is 0.667. The molecule has 0 radical (unpaired) electrons. The van der Waals surface area contributed by atoms with Crippen molar-refractivity contribution in [3.05, 3.63) is 0 Å². The highest BCUT2D eigenvalue weighted by atomic mass is 32.2. The molecule has 16 heavy (non-hydrogen) atoms. The van der Waals surface area contributed by atoms with E-state index in [1.54, 1.807) is 19.9 Å². The van der Waals surface area contributed by atoms with Crippen LogP contribution in [0.2, 0.25) is 0 Å². The Morgan fingerprint density at radius 2 is 2.06 bits per heavy atom. The average Bonchev–Trinajstić information content (AvgIpc) is 2.13. The normalized spacial score (nSPS) is 13.9. The molecule has 0 aromatic rings. The number of nitrogens with zero attached hydrogens (tertiary/aromatic N) is 1. The fourth-order valence-electron chi connectivity index (χ4n) is 1.11. The average molecular weight is 246 g/mol. The molecule has 0 fully saturated rings. The van der Waals surface area contributed by atoms with E-state index in [0.29, 0.717) is 0 Å². The molecule has 0 aromatic carbocycles. The summed E-state index contributed by atoms with van der Waals surface area (Å²) in [5.41, 5.74) is 0. The maximum atomic E-state index is 11.6. The maximum absolute atomic E-state index is 11.6. The Hall–Kier alpha value is -1.42. The van der Waals surface area contributed by atoms with Crippen LogP contribution >= 0.6 is 0 Å². The number of hydrogen-bond donors (Lipinski definition) is 2. The van der Waals surface area contributed by atoms with Gasteiger partial charge in [0.15, 0.2) is 0 Å². The van der Waals surface area contributed by atoms with Gasteiger partial charge in [-0.3, -0.25) is 13.8 Å². The molecule has 0 aliphatic rings. The number of nitrogens with one attached hydrogen (secondary N) is 1. The summed E-state index contributed by atoms with van der Waals surface area (Å²) < 4.78 is 11.6. The van der Waals surface area contributed by atoms with Crippen molar-refractivity contribution < 1.29 is 18.9 Å². The molecule has 0 saturated heterocycles. The molecule has 1 amide bonds. The zero-order chi connectivity index (χ0) is 12.7. The van der Waals surface area contributed by atoms with Crippen molar-refractivity contribution in [2.75, 3.05) is 12.3 Å². The Morgan fingerprint density at radius 3 is 2.44 bits per heavy atom. The highest BCUT2D eigenvalue weighted by molar-refractivity contribution is 7.87. The van der Waals surface area contributed by atoms with Gasteiger partial charge in [-0.15, -0.1) is 0 Å². The lowest BCUT2D eigenvalue weighted by Gasteiger charge is -2.14. The number of carbonyl (C=O) groups excluding carboxylic acids is 1. The van der Waals surface area contributed by atoms with Gasteiger partial charge in [-0.2, -0.15) is 5.26 Å². The minimum Gasteiger partial charge on any atom is -0.480 e. The topological polar surface area (TPSA) is 107 Å². The predicted molar refractivity (Wildman–Crippen MR) is 57.9 cm³/mol. The second kappa shape index (κ2) is 6.95. The summed E-state index contributed by atoms with van der Waals surface area (Å²) in [6.07, 6.45) is 0. The van der Waals surface area contributed by atoms with Crippen molar-refractivity contribution in [3.63, 3.8) is 0 Å². The van der Waals surface area contributed by atoms with E-state index in [4.69, 9.17) is 10.4 Å². The van der Waals surface area contributed by atoms with Crippen LogP contribution in [-0.4, -0.2) is 38.7 Å². The van der Waals surface area contributed by atoms with Crippen LogP contribution < -0.4 is 5.32 Å². The molecular weight excluding hydrogens is 232 g/mol. The van der Waals surface area contributed by atoms with Crippen LogP contribution in [-0.2, 0) is 20.4 Å². The summed E-state index contributed by atoms with van der Waals surface area (Å²) in [5.74, 6) is -2.47. The largest absolute Gasteiger partial charge is 0.480 e. The smallest absolute Gasteiger partial charge is 0.319 e. The Labute approximate surface area is 96.1 Å². The second-order valence-corrected chi connectivity index (χ2v) is 5.02. The van der Waals surface area contributed by atoms with E-state index in [-0.39, 0.29) is 12.5 Å². The Balaban J connectivity index is 4.38. The molecule has 2 N–H and O–H groups in total. The molecular formula is C9H14N2O4S. The number of nitriles is 1. The first-order valence-electron chi connectivity index (χ1n) is 4.63. The van der Waals surface area contributed by atoms with Crippen molar-refractivity contribution >= 4 is 22.7 Å². The number of rotatable bonds is 6. The minimum atomic E-state index is -1.77. The van der Waals surface area contributed by atoms with Crippen LogP contribution in [0.1, 0.15) is 13.8 Å². The predicted octanol–water partition coefficient (Wildman–Crippen LogP) is -0.516. The van der Waals surface area contributed by atoms with Gasteiger partial charge < -0.3 is 10.4 Å². The quantitative estimate of drug-likeness (QED) is 0.613. The van der Waals surface area contributed by atoms with E-state index < -0.39 is 33.7 Å². The summed E-state index contributed by atoms with van der Waals surface area (Å²) in [7, 11) is -1.77. The number of amides is 1. The van der Waals surface area contributed by atoms with Crippen molar-refractivity contribution in [2.45, 2.75) is 19.1 Å². The molecule has 2 atom stereocenters. The minimum absolute atomic E-state index is 0.171. The van der Waals surface area contributed by atoms with E-state index in [9.17, 15) is 13.8 Å². The van der Waals surface area contributed by atoms with Gasteiger partial charge in [0, 0.05) is 10.8 Å². The molecule has 0 aromatic heterocycles. The zero-order valence-electron chi connectivity index (χ0n) is 9.10. The van der Waals surface area contributed by atoms with Gasteiger partial charge in [-0.1, -0.05) is 13.8 Å². The van der Waals surface area contributed by atoms with Gasteiger partial charge in [-0.25, -0.2) is 0 Å². The van der Waals surface area contributed by atoms with Gasteiger partial charge >= 0.3 is 5.97 Å². The van der Waals surface area contributed by atoms with E-state index >= 15 is 0 Å². The van der Waals surface area contributed by atoms with Gasteiger partial charge in [0.1, 0.15) is 17.5 Å². The standard InChI is InChI=1S/C9H14N2O4S/c1-6(2)8(9(13)14)16(15)5-7(12)11-4-3-10/h6,8H,4-5H2,1-2H3,(H,11,12)(H,13,14). The third kappa shape index (κ3) is 4.89. The van der Waals surface area contributed by atoms with E-state index in [1.165, 1.54) is 0 Å². The molecule has 6 nitrogen and oxygen atoms in total. The number of carboxylic acid groups (broad SMARTS) is 1. The molecule has 0 rings (SSSR count). The molecule has 0 spiro atoms. The Kier molecular flexibility index (Phi) is 6.34. The lowest BCUT2D eigenvalue weighted by Crippen LogP contribution is -2.37. The van der Waals surface area contributed by atoms with Crippen LogP contribution in [0, 0.1) is 17.2 Å². The van der Waals surface area contributed by atoms with Gasteiger partial charge in [0.2, 0.25) is 5.91 Å². The highest BCUT2D eigenvalue weighted by Gasteiger charge is 2.29. The van der Waals surface area contributed by atoms with Crippen LogP contribution in [0.15, 0.2) is 0 Å². The molecule has 2 unspecified atom stereocenters. The monoisotopic (exact) mass is 246 g/mol. The van der Waals surface area contributed by atoms with Gasteiger partial charge in [0.05, 0.1) is 6.07 Å². The van der Waals surface area contributed by atoms with Crippen LogP contribution in [0.4, 0.5) is 0 Å². The molecule has 0 heterocycles. The maximum Gasteiger partial charge on any atom is 0.319 e. The number of carboxylic acids is 1. The summed E-state index contributed by atoms with van der Waals surface area (Å²) in [5, 5.41) is 18.2. The fourth-order valence-corrected chi connectivity index (χ4v) is 2.48. The van der Waals surface area contributed by atoms with Crippen molar-refractivity contribution in [1.82, 2.24) is 5.32 Å². The molecule has 0 saturated carbocycles. The number of aliphatic carboxylic acids is 1. The van der Waals surface area contributed by atoms with Gasteiger partial charge in [-0.05, 0) is 5.92 Å². The van der Waals surface area contributed by atoms with Crippen LogP contribution in [0.3, 0.4) is 0 Å². The van der Waals surface area contributed by atoms with Crippen molar-refractivity contribution in [2.24, 2.45) is 5.92 Å².